The average Bonchev–Trinajstić information content (AvgIpc) is 3.00. The maximum absolute atomic E-state index is 11.0. The summed E-state index contributed by atoms with van der Waals surface area (Å²) in [6.45, 7) is 0. The molecule has 0 saturated heterocycles. The Labute approximate surface area is 244 Å². The van der Waals surface area contributed by atoms with Gasteiger partial charge in [0.25, 0.3) is 0 Å². The fraction of sp³-hybridized carbons (Fsp3) is 0.364. The van der Waals surface area contributed by atoms with Crippen LogP contribution in [0.4, 0.5) is 0 Å². The van der Waals surface area contributed by atoms with Crippen molar-refractivity contribution in [3.63, 3.8) is 0 Å². The predicted octanol–water partition coefficient (Wildman–Crippen LogP) is 5.65. The third-order valence-corrected chi connectivity index (χ3v) is 8.00. The number of phenols is 2. The number of nitrogens with zero attached hydrogens (tertiary/aromatic N) is 3. The second kappa shape index (κ2) is 12.3. The Hall–Kier alpha value is -4.21. The minimum atomic E-state index is -0.530. The van der Waals surface area contributed by atoms with E-state index in [0.717, 1.165) is 44.1 Å². The van der Waals surface area contributed by atoms with Gasteiger partial charge in [-0.1, -0.05) is 43.2 Å². The Morgan fingerprint density at radius 3 is 1.45 bits per heavy atom. The van der Waals surface area contributed by atoms with Gasteiger partial charge in [0, 0.05) is 17.7 Å². The Morgan fingerprint density at radius 2 is 1.00 bits per heavy atom. The van der Waals surface area contributed by atoms with Crippen LogP contribution in [0.1, 0.15) is 51.4 Å². The van der Waals surface area contributed by atoms with Gasteiger partial charge in [0.05, 0.1) is 23.3 Å². The summed E-state index contributed by atoms with van der Waals surface area (Å²) >= 11 is 0. The number of aromatic nitrogens is 3. The van der Waals surface area contributed by atoms with Gasteiger partial charge in [-0.2, -0.15) is 0 Å². The van der Waals surface area contributed by atoms with Gasteiger partial charge >= 0.3 is 0 Å². The van der Waals surface area contributed by atoms with E-state index < -0.39 is 12.2 Å². The largest absolute Gasteiger partial charge is 0.507 e. The second-order valence-electron chi connectivity index (χ2n) is 11.0. The van der Waals surface area contributed by atoms with E-state index in [4.69, 9.17) is 9.47 Å². The SMILES string of the molecule is Oc1cc(OC2CCCCC2O)ccc1-c1nc(-c2ccccc2)nc(-c2ccc(OC3CCCCC3O)cc2O)n1. The third kappa shape index (κ3) is 6.17. The maximum Gasteiger partial charge on any atom is 0.167 e. The van der Waals surface area contributed by atoms with Gasteiger partial charge in [-0.05, 0) is 62.8 Å². The van der Waals surface area contributed by atoms with Crippen molar-refractivity contribution in [2.24, 2.45) is 0 Å². The first kappa shape index (κ1) is 27.9. The number of ether oxygens (including phenoxy) is 2. The molecular formula is C33H35N3O6. The Morgan fingerprint density at radius 1 is 0.548 bits per heavy atom. The third-order valence-electron chi connectivity index (χ3n) is 8.00. The predicted molar refractivity (Wildman–Crippen MR) is 157 cm³/mol. The minimum absolute atomic E-state index is 0.0760. The average molecular weight is 570 g/mol. The van der Waals surface area contributed by atoms with E-state index in [1.54, 1.807) is 24.3 Å². The standard InChI is InChI=1S/C33H35N3O6/c37-25-10-4-6-12-29(25)41-21-14-16-23(27(39)18-21)32-34-31(20-8-2-1-3-9-20)35-33(36-32)24-17-15-22(19-28(24)40)42-30-13-7-5-11-26(30)38/h1-3,8-9,14-19,25-26,29-30,37-40H,4-7,10-13H2. The molecule has 6 rings (SSSR count). The summed E-state index contributed by atoms with van der Waals surface area (Å²) in [5.74, 6) is 1.59. The molecule has 9 nitrogen and oxygen atoms in total. The molecule has 1 heterocycles. The molecule has 42 heavy (non-hydrogen) atoms. The molecule has 0 spiro atoms. The molecule has 2 aliphatic rings. The van der Waals surface area contributed by atoms with E-state index >= 15 is 0 Å². The zero-order valence-electron chi connectivity index (χ0n) is 23.3. The fourth-order valence-electron chi connectivity index (χ4n) is 5.66. The molecule has 1 aromatic heterocycles. The zero-order chi connectivity index (χ0) is 29.1. The highest BCUT2D eigenvalue weighted by Crippen LogP contribution is 2.37. The minimum Gasteiger partial charge on any atom is -0.507 e. The molecule has 4 unspecified atom stereocenters. The van der Waals surface area contributed by atoms with Crippen LogP contribution in [-0.4, -0.2) is 59.8 Å². The summed E-state index contributed by atoms with van der Waals surface area (Å²) in [6.07, 6.45) is 5.17. The Kier molecular flexibility index (Phi) is 8.21. The first-order valence-corrected chi connectivity index (χ1v) is 14.6. The number of aliphatic hydroxyl groups excluding tert-OH is 2. The van der Waals surface area contributed by atoms with Crippen molar-refractivity contribution in [1.29, 1.82) is 0 Å². The van der Waals surface area contributed by atoms with Crippen LogP contribution in [0.15, 0.2) is 66.7 Å². The number of hydrogen-bond donors (Lipinski definition) is 4. The van der Waals surface area contributed by atoms with Crippen molar-refractivity contribution in [1.82, 2.24) is 15.0 Å². The van der Waals surface area contributed by atoms with Crippen LogP contribution in [0.25, 0.3) is 34.2 Å². The van der Waals surface area contributed by atoms with Gasteiger partial charge in [0.1, 0.15) is 35.2 Å². The van der Waals surface area contributed by atoms with Gasteiger partial charge in [0.2, 0.25) is 0 Å². The van der Waals surface area contributed by atoms with Crippen LogP contribution >= 0.6 is 0 Å². The van der Waals surface area contributed by atoms with Crippen LogP contribution < -0.4 is 9.47 Å². The Balaban J connectivity index is 1.33. The lowest BCUT2D eigenvalue weighted by Gasteiger charge is -2.28. The van der Waals surface area contributed by atoms with Crippen LogP contribution in [0.5, 0.6) is 23.0 Å². The Bertz CT molecular complexity index is 1440. The van der Waals surface area contributed by atoms with Crippen molar-refractivity contribution in [3.05, 3.63) is 66.7 Å². The number of benzene rings is 3. The molecule has 4 aromatic rings. The molecule has 0 bridgehead atoms. The lowest BCUT2D eigenvalue weighted by molar-refractivity contribution is 0.00678. The number of aromatic hydroxyl groups is 2. The number of aliphatic hydroxyl groups is 2. The molecule has 218 valence electrons. The lowest BCUT2D eigenvalue weighted by Crippen LogP contribution is -2.34. The first-order chi connectivity index (χ1) is 20.4. The highest BCUT2D eigenvalue weighted by Gasteiger charge is 2.26. The van der Waals surface area contributed by atoms with Crippen molar-refractivity contribution in [2.75, 3.05) is 0 Å². The van der Waals surface area contributed by atoms with Crippen molar-refractivity contribution in [2.45, 2.75) is 75.8 Å². The summed E-state index contributed by atoms with van der Waals surface area (Å²) in [4.78, 5) is 13.9. The van der Waals surface area contributed by atoms with Gasteiger partial charge < -0.3 is 29.9 Å². The molecule has 2 saturated carbocycles. The van der Waals surface area contributed by atoms with E-state index in [1.165, 1.54) is 12.1 Å². The molecule has 4 N–H and O–H groups in total. The van der Waals surface area contributed by atoms with E-state index in [0.29, 0.717) is 41.3 Å². The van der Waals surface area contributed by atoms with Gasteiger partial charge in [-0.15, -0.1) is 0 Å². The highest BCUT2D eigenvalue weighted by molar-refractivity contribution is 5.72. The van der Waals surface area contributed by atoms with Gasteiger partial charge in [0.15, 0.2) is 17.5 Å². The molecule has 0 aliphatic heterocycles. The molecule has 9 heteroatoms. The normalized spacial score (nSPS) is 22.4. The van der Waals surface area contributed by atoms with Crippen molar-refractivity contribution in [3.8, 4) is 57.2 Å². The number of rotatable bonds is 7. The van der Waals surface area contributed by atoms with Crippen molar-refractivity contribution >= 4 is 0 Å². The van der Waals surface area contributed by atoms with Crippen LogP contribution in [0, 0.1) is 0 Å². The molecule has 4 atom stereocenters. The molecular weight excluding hydrogens is 534 g/mol. The summed E-state index contributed by atoms with van der Waals surface area (Å²) in [5, 5.41) is 42.6. The van der Waals surface area contributed by atoms with Crippen molar-refractivity contribution < 1.29 is 29.9 Å². The van der Waals surface area contributed by atoms with Crippen LogP contribution in [0.3, 0.4) is 0 Å². The van der Waals surface area contributed by atoms with Crippen LogP contribution in [-0.2, 0) is 0 Å². The van der Waals surface area contributed by atoms with E-state index in [-0.39, 0.29) is 35.4 Å². The quantitative estimate of drug-likeness (QED) is 0.222. The van der Waals surface area contributed by atoms with E-state index in [2.05, 4.69) is 15.0 Å². The van der Waals surface area contributed by atoms with Crippen LogP contribution in [0.2, 0.25) is 0 Å². The molecule has 3 aromatic carbocycles. The second-order valence-corrected chi connectivity index (χ2v) is 11.0. The zero-order valence-corrected chi connectivity index (χ0v) is 23.3. The summed E-state index contributed by atoms with van der Waals surface area (Å²) in [5.41, 5.74) is 1.50. The molecule has 0 radical (unpaired) electrons. The number of hydrogen-bond acceptors (Lipinski definition) is 9. The molecule has 0 amide bonds. The number of phenolic OH excluding ortho intramolecular Hbond substituents is 2. The summed E-state index contributed by atoms with van der Waals surface area (Å²) in [7, 11) is 0. The topological polar surface area (TPSA) is 138 Å². The highest BCUT2D eigenvalue weighted by atomic mass is 16.5. The van der Waals surface area contributed by atoms with Gasteiger partial charge in [-0.25, -0.2) is 15.0 Å². The summed E-state index contributed by atoms with van der Waals surface area (Å²) < 4.78 is 12.0. The fourth-order valence-corrected chi connectivity index (χ4v) is 5.66. The smallest absolute Gasteiger partial charge is 0.167 e. The van der Waals surface area contributed by atoms with Gasteiger partial charge in [-0.3, -0.25) is 0 Å². The molecule has 2 aliphatic carbocycles. The lowest BCUT2D eigenvalue weighted by atomic mass is 9.95. The monoisotopic (exact) mass is 569 g/mol. The molecule has 2 fully saturated rings. The maximum atomic E-state index is 11.0. The van der Waals surface area contributed by atoms with E-state index in [1.807, 2.05) is 30.3 Å². The summed E-state index contributed by atoms with van der Waals surface area (Å²) in [6, 6.07) is 19.2. The van der Waals surface area contributed by atoms with E-state index in [9.17, 15) is 20.4 Å². The first-order valence-electron chi connectivity index (χ1n) is 14.6.